The van der Waals surface area contributed by atoms with Crippen LogP contribution in [0.25, 0.3) is 0 Å². The first kappa shape index (κ1) is 12.9. The molecule has 5 nitrogen and oxygen atoms in total. The van der Waals surface area contributed by atoms with Gasteiger partial charge in [-0.2, -0.15) is 0 Å². The van der Waals surface area contributed by atoms with Crippen molar-refractivity contribution < 1.29 is 9.90 Å². The van der Waals surface area contributed by atoms with Crippen LogP contribution in [0, 0.1) is 6.92 Å². The molecule has 0 unspecified atom stereocenters. The van der Waals surface area contributed by atoms with Crippen LogP contribution in [0.4, 0.5) is 5.82 Å². The van der Waals surface area contributed by atoms with Crippen molar-refractivity contribution in [3.8, 4) is 0 Å². The van der Waals surface area contributed by atoms with Crippen molar-refractivity contribution in [3.05, 3.63) is 16.5 Å². The van der Waals surface area contributed by atoms with Gasteiger partial charge in [-0.3, -0.25) is 4.79 Å². The van der Waals surface area contributed by atoms with Crippen LogP contribution in [0.1, 0.15) is 30.0 Å². The molecule has 2 N–H and O–H groups in total. The third-order valence-corrected chi connectivity index (χ3v) is 2.27. The van der Waals surface area contributed by atoms with Gasteiger partial charge in [-0.25, -0.2) is 9.97 Å². The standard InChI is InChI=1S/C10H14ClN3O2/c1-6-12-8(11)7(4-15)9(13-6)14-10(2,3)5-16/h4,16H,5H2,1-3H3,(H,12,13,14). The summed E-state index contributed by atoms with van der Waals surface area (Å²) >= 11 is 5.82. The molecular formula is C10H14ClN3O2. The molecule has 0 aliphatic rings. The first-order valence-corrected chi connectivity index (χ1v) is 5.16. The molecule has 16 heavy (non-hydrogen) atoms. The van der Waals surface area contributed by atoms with E-state index >= 15 is 0 Å². The number of hydrogen-bond acceptors (Lipinski definition) is 5. The maximum absolute atomic E-state index is 10.9. The average Bonchev–Trinajstić information content (AvgIpc) is 2.16. The zero-order valence-corrected chi connectivity index (χ0v) is 10.2. The van der Waals surface area contributed by atoms with Gasteiger partial charge in [0.15, 0.2) is 6.29 Å². The minimum Gasteiger partial charge on any atom is -0.394 e. The van der Waals surface area contributed by atoms with Crippen LogP contribution < -0.4 is 5.32 Å². The second-order valence-corrected chi connectivity index (χ2v) is 4.47. The second kappa shape index (κ2) is 4.76. The molecule has 0 fully saturated rings. The third-order valence-electron chi connectivity index (χ3n) is 1.98. The Morgan fingerprint density at radius 2 is 2.12 bits per heavy atom. The quantitative estimate of drug-likeness (QED) is 0.618. The fraction of sp³-hybridized carbons (Fsp3) is 0.500. The molecule has 0 aliphatic heterocycles. The predicted molar refractivity (Wildman–Crippen MR) is 62.0 cm³/mol. The number of aliphatic hydroxyl groups is 1. The maximum Gasteiger partial charge on any atom is 0.156 e. The summed E-state index contributed by atoms with van der Waals surface area (Å²) in [7, 11) is 0. The number of aliphatic hydroxyl groups excluding tert-OH is 1. The van der Waals surface area contributed by atoms with Crippen molar-refractivity contribution in [2.24, 2.45) is 0 Å². The van der Waals surface area contributed by atoms with Gasteiger partial charge in [0.25, 0.3) is 0 Å². The Balaban J connectivity index is 3.17. The molecule has 0 atom stereocenters. The Morgan fingerprint density at radius 1 is 1.50 bits per heavy atom. The summed E-state index contributed by atoms with van der Waals surface area (Å²) in [4.78, 5) is 18.8. The lowest BCUT2D eigenvalue weighted by Gasteiger charge is -2.25. The van der Waals surface area contributed by atoms with Crippen molar-refractivity contribution in [1.82, 2.24) is 9.97 Å². The van der Waals surface area contributed by atoms with Gasteiger partial charge in [-0.15, -0.1) is 0 Å². The van der Waals surface area contributed by atoms with E-state index in [0.29, 0.717) is 17.9 Å². The summed E-state index contributed by atoms with van der Waals surface area (Å²) in [5.41, 5.74) is -0.379. The van der Waals surface area contributed by atoms with Gasteiger partial charge in [0.2, 0.25) is 0 Å². The van der Waals surface area contributed by atoms with Gasteiger partial charge in [-0.05, 0) is 20.8 Å². The monoisotopic (exact) mass is 243 g/mol. The van der Waals surface area contributed by atoms with Gasteiger partial charge in [0.1, 0.15) is 16.8 Å². The average molecular weight is 244 g/mol. The molecule has 0 aromatic carbocycles. The second-order valence-electron chi connectivity index (χ2n) is 4.11. The van der Waals surface area contributed by atoms with Gasteiger partial charge in [0, 0.05) is 0 Å². The molecular weight excluding hydrogens is 230 g/mol. The molecule has 1 heterocycles. The topological polar surface area (TPSA) is 75.1 Å². The van der Waals surface area contributed by atoms with Crippen LogP contribution in [0.15, 0.2) is 0 Å². The van der Waals surface area contributed by atoms with E-state index < -0.39 is 5.54 Å². The zero-order chi connectivity index (χ0) is 12.3. The lowest BCUT2D eigenvalue weighted by atomic mass is 10.1. The molecule has 0 spiro atoms. The van der Waals surface area contributed by atoms with Gasteiger partial charge in [-0.1, -0.05) is 11.6 Å². The summed E-state index contributed by atoms with van der Waals surface area (Å²) < 4.78 is 0. The number of anilines is 1. The van der Waals surface area contributed by atoms with Crippen LogP contribution in [-0.4, -0.2) is 33.5 Å². The van der Waals surface area contributed by atoms with Crippen LogP contribution in [0.5, 0.6) is 0 Å². The SMILES string of the molecule is Cc1nc(Cl)c(C=O)c(NC(C)(C)CO)n1. The largest absolute Gasteiger partial charge is 0.394 e. The number of nitrogens with zero attached hydrogens (tertiary/aromatic N) is 2. The summed E-state index contributed by atoms with van der Waals surface area (Å²) in [5.74, 6) is 0.804. The highest BCUT2D eigenvalue weighted by Gasteiger charge is 2.20. The van der Waals surface area contributed by atoms with E-state index in [1.807, 2.05) is 0 Å². The number of rotatable bonds is 4. The molecule has 0 amide bonds. The number of nitrogens with one attached hydrogen (secondary N) is 1. The number of halogens is 1. The molecule has 0 aliphatic carbocycles. The van der Waals surface area contributed by atoms with E-state index in [1.165, 1.54) is 0 Å². The van der Waals surface area contributed by atoms with Crippen LogP contribution in [-0.2, 0) is 0 Å². The molecule has 1 aromatic rings. The molecule has 0 bridgehead atoms. The highest BCUT2D eigenvalue weighted by molar-refractivity contribution is 6.32. The van der Waals surface area contributed by atoms with Crippen molar-refractivity contribution in [2.45, 2.75) is 26.3 Å². The number of carbonyl (C=O) groups excluding carboxylic acids is 1. The number of aryl methyl sites for hydroxylation is 1. The zero-order valence-electron chi connectivity index (χ0n) is 9.41. The van der Waals surface area contributed by atoms with Gasteiger partial charge < -0.3 is 10.4 Å². The van der Waals surface area contributed by atoms with E-state index in [0.717, 1.165) is 0 Å². The van der Waals surface area contributed by atoms with E-state index in [9.17, 15) is 4.79 Å². The Bertz CT molecular complexity index is 407. The molecule has 0 saturated heterocycles. The summed E-state index contributed by atoms with van der Waals surface area (Å²) in [6.07, 6.45) is 0.595. The first-order chi connectivity index (χ1) is 7.39. The predicted octanol–water partition coefficient (Wildman–Crippen LogP) is 1.43. The number of aromatic nitrogens is 2. The maximum atomic E-state index is 10.9. The normalized spacial score (nSPS) is 11.3. The summed E-state index contributed by atoms with van der Waals surface area (Å²) in [5, 5.41) is 12.2. The highest BCUT2D eigenvalue weighted by Crippen LogP contribution is 2.21. The molecule has 88 valence electrons. The van der Waals surface area contributed by atoms with Crippen LogP contribution >= 0.6 is 11.6 Å². The smallest absolute Gasteiger partial charge is 0.156 e. The molecule has 0 radical (unpaired) electrons. The van der Waals surface area contributed by atoms with Crippen molar-refractivity contribution >= 4 is 23.7 Å². The molecule has 1 rings (SSSR count). The van der Waals surface area contributed by atoms with Crippen LogP contribution in [0.3, 0.4) is 0 Å². The van der Waals surface area contributed by atoms with E-state index in [1.54, 1.807) is 20.8 Å². The van der Waals surface area contributed by atoms with E-state index in [4.69, 9.17) is 16.7 Å². The van der Waals surface area contributed by atoms with E-state index in [2.05, 4.69) is 15.3 Å². The van der Waals surface area contributed by atoms with Gasteiger partial charge in [0.05, 0.1) is 17.7 Å². The first-order valence-electron chi connectivity index (χ1n) is 4.78. The van der Waals surface area contributed by atoms with E-state index in [-0.39, 0.29) is 17.3 Å². The Morgan fingerprint density at radius 3 is 2.62 bits per heavy atom. The number of hydrogen-bond donors (Lipinski definition) is 2. The molecule has 0 saturated carbocycles. The fourth-order valence-electron chi connectivity index (χ4n) is 1.11. The van der Waals surface area contributed by atoms with Crippen molar-refractivity contribution in [2.75, 3.05) is 11.9 Å². The fourth-order valence-corrected chi connectivity index (χ4v) is 1.36. The Labute approximate surface area is 98.9 Å². The Kier molecular flexibility index (Phi) is 3.83. The van der Waals surface area contributed by atoms with Crippen molar-refractivity contribution in [3.63, 3.8) is 0 Å². The van der Waals surface area contributed by atoms with Crippen LogP contribution in [0.2, 0.25) is 5.15 Å². The third kappa shape index (κ3) is 2.90. The molecule has 6 heteroatoms. The summed E-state index contributed by atoms with van der Waals surface area (Å²) in [6.45, 7) is 5.16. The minimum atomic E-state index is -0.581. The Hall–Kier alpha value is -1.20. The number of aldehydes is 1. The summed E-state index contributed by atoms with van der Waals surface area (Å²) in [6, 6.07) is 0. The van der Waals surface area contributed by atoms with Crippen molar-refractivity contribution in [1.29, 1.82) is 0 Å². The number of carbonyl (C=O) groups is 1. The lowest BCUT2D eigenvalue weighted by Crippen LogP contribution is -2.36. The molecule has 1 aromatic heterocycles. The lowest BCUT2D eigenvalue weighted by molar-refractivity contribution is 0.112. The van der Waals surface area contributed by atoms with Gasteiger partial charge >= 0.3 is 0 Å². The highest BCUT2D eigenvalue weighted by atomic mass is 35.5. The minimum absolute atomic E-state index is 0.0913.